The number of thioether (sulfide) groups is 1. The minimum Gasteiger partial charge on any atom is -0.360 e. The van der Waals surface area contributed by atoms with Gasteiger partial charge < -0.3 is 9.84 Å². The standard InChI is InChI=1S/C22H30N6O4S/c1-5-7-8-9-10-15-24-19-18(21(30)27(4)22(31)28(19)11-6-2)20(25-15)33-13-17(29)23-16-12-14(3)32-26-16/h12H,5-11,13H2,1-4H3,(H,23,26,29). The molecule has 33 heavy (non-hydrogen) atoms. The molecule has 0 unspecified atom stereocenters. The van der Waals surface area contributed by atoms with Gasteiger partial charge >= 0.3 is 5.69 Å². The maximum absolute atomic E-state index is 13.0. The lowest BCUT2D eigenvalue weighted by molar-refractivity contribution is -0.113. The highest BCUT2D eigenvalue weighted by molar-refractivity contribution is 8.00. The molecular weight excluding hydrogens is 444 g/mol. The summed E-state index contributed by atoms with van der Waals surface area (Å²) in [6, 6.07) is 1.62. The van der Waals surface area contributed by atoms with Crippen molar-refractivity contribution in [2.24, 2.45) is 7.05 Å². The fourth-order valence-corrected chi connectivity index (χ4v) is 4.30. The number of carbonyl (C=O) groups excluding carboxylic acids is 1. The van der Waals surface area contributed by atoms with Crippen molar-refractivity contribution in [1.29, 1.82) is 0 Å². The molecule has 0 aliphatic heterocycles. The maximum atomic E-state index is 13.0. The minimum absolute atomic E-state index is 0.0172. The zero-order valence-corrected chi connectivity index (χ0v) is 20.3. The van der Waals surface area contributed by atoms with Gasteiger partial charge in [0.2, 0.25) is 5.91 Å². The quantitative estimate of drug-likeness (QED) is 0.255. The van der Waals surface area contributed by atoms with Crippen LogP contribution >= 0.6 is 11.8 Å². The molecule has 3 aromatic heterocycles. The van der Waals surface area contributed by atoms with E-state index in [1.54, 1.807) is 13.0 Å². The molecule has 0 aliphatic carbocycles. The molecule has 3 heterocycles. The van der Waals surface area contributed by atoms with E-state index in [0.29, 0.717) is 47.5 Å². The van der Waals surface area contributed by atoms with E-state index in [-0.39, 0.29) is 17.0 Å². The molecule has 0 spiro atoms. The van der Waals surface area contributed by atoms with Crippen LogP contribution < -0.4 is 16.6 Å². The summed E-state index contributed by atoms with van der Waals surface area (Å²) in [6.45, 7) is 6.28. The second-order valence-corrected chi connectivity index (χ2v) is 8.88. The van der Waals surface area contributed by atoms with Gasteiger partial charge in [-0.2, -0.15) is 0 Å². The number of amides is 1. The Morgan fingerprint density at radius 1 is 1.15 bits per heavy atom. The predicted octanol–water partition coefficient (Wildman–Crippen LogP) is 3.05. The van der Waals surface area contributed by atoms with Gasteiger partial charge in [0.25, 0.3) is 5.56 Å². The summed E-state index contributed by atoms with van der Waals surface area (Å²) in [6.07, 6.45) is 5.56. The number of anilines is 1. The van der Waals surface area contributed by atoms with Crippen molar-refractivity contribution in [2.45, 2.75) is 70.9 Å². The Labute approximate surface area is 195 Å². The molecule has 10 nitrogen and oxygen atoms in total. The summed E-state index contributed by atoms with van der Waals surface area (Å²) in [4.78, 5) is 47.5. The molecule has 3 aromatic rings. The highest BCUT2D eigenvalue weighted by Crippen LogP contribution is 2.23. The Balaban J connectivity index is 1.98. The van der Waals surface area contributed by atoms with Crippen LogP contribution in [0.1, 0.15) is 57.5 Å². The van der Waals surface area contributed by atoms with Gasteiger partial charge in [0.05, 0.1) is 5.75 Å². The topological polar surface area (TPSA) is 125 Å². The first-order chi connectivity index (χ1) is 15.8. The number of rotatable bonds is 11. The molecule has 0 aliphatic rings. The molecule has 0 saturated carbocycles. The zero-order chi connectivity index (χ0) is 24.0. The lowest BCUT2D eigenvalue weighted by Gasteiger charge is -2.14. The van der Waals surface area contributed by atoms with Gasteiger partial charge in [-0.05, 0) is 19.8 Å². The van der Waals surface area contributed by atoms with Gasteiger partial charge in [-0.15, -0.1) is 0 Å². The fraction of sp³-hybridized carbons (Fsp3) is 0.545. The highest BCUT2D eigenvalue weighted by atomic mass is 32.2. The third-order valence-electron chi connectivity index (χ3n) is 5.13. The van der Waals surface area contributed by atoms with Crippen molar-refractivity contribution in [3.8, 4) is 0 Å². The number of hydrogen-bond donors (Lipinski definition) is 1. The summed E-state index contributed by atoms with van der Waals surface area (Å²) >= 11 is 1.15. The van der Waals surface area contributed by atoms with Crippen LogP contribution in [0.2, 0.25) is 0 Å². The van der Waals surface area contributed by atoms with Crippen LogP contribution in [0.3, 0.4) is 0 Å². The Morgan fingerprint density at radius 3 is 2.61 bits per heavy atom. The number of fused-ring (bicyclic) bond motifs is 1. The van der Waals surface area contributed by atoms with E-state index in [1.165, 1.54) is 11.6 Å². The first-order valence-electron chi connectivity index (χ1n) is 11.2. The second kappa shape index (κ2) is 11.3. The van der Waals surface area contributed by atoms with Crippen molar-refractivity contribution >= 4 is 34.5 Å². The number of unbranched alkanes of at least 4 members (excludes halogenated alkanes) is 3. The van der Waals surface area contributed by atoms with E-state index in [2.05, 4.69) is 27.4 Å². The van der Waals surface area contributed by atoms with Gasteiger partial charge in [-0.1, -0.05) is 50.0 Å². The molecule has 178 valence electrons. The second-order valence-electron chi connectivity index (χ2n) is 7.91. The first-order valence-corrected chi connectivity index (χ1v) is 12.2. The number of carbonyl (C=O) groups is 1. The SMILES string of the molecule is CCCCCCc1nc(SCC(=O)Nc2cc(C)on2)c2c(=O)n(C)c(=O)n(CCC)c2n1. The van der Waals surface area contributed by atoms with Crippen molar-refractivity contribution in [3.63, 3.8) is 0 Å². The number of nitrogens with one attached hydrogen (secondary N) is 1. The van der Waals surface area contributed by atoms with Crippen LogP contribution in [0.15, 0.2) is 25.2 Å². The molecule has 0 aromatic carbocycles. The summed E-state index contributed by atoms with van der Waals surface area (Å²) in [5.41, 5.74) is -0.532. The van der Waals surface area contributed by atoms with E-state index < -0.39 is 11.2 Å². The first kappa shape index (κ1) is 24.7. The maximum Gasteiger partial charge on any atom is 0.332 e. The summed E-state index contributed by atoms with van der Waals surface area (Å²) in [5, 5.41) is 7.09. The Hall–Kier alpha value is -2.95. The molecule has 0 fully saturated rings. The average molecular weight is 475 g/mol. The monoisotopic (exact) mass is 474 g/mol. The van der Waals surface area contributed by atoms with Crippen molar-refractivity contribution in [1.82, 2.24) is 24.3 Å². The number of nitrogens with zero attached hydrogens (tertiary/aromatic N) is 5. The van der Waals surface area contributed by atoms with Gasteiger partial charge in [0.1, 0.15) is 22.0 Å². The number of aromatic nitrogens is 5. The van der Waals surface area contributed by atoms with E-state index in [0.717, 1.165) is 42.0 Å². The van der Waals surface area contributed by atoms with Crippen LogP contribution in [-0.4, -0.2) is 35.9 Å². The van der Waals surface area contributed by atoms with Crippen molar-refractivity contribution in [2.75, 3.05) is 11.1 Å². The lowest BCUT2D eigenvalue weighted by atomic mass is 10.1. The summed E-state index contributed by atoms with van der Waals surface area (Å²) in [7, 11) is 1.45. The zero-order valence-electron chi connectivity index (χ0n) is 19.5. The molecule has 11 heteroatoms. The third kappa shape index (κ3) is 5.89. The molecule has 0 radical (unpaired) electrons. The highest BCUT2D eigenvalue weighted by Gasteiger charge is 2.19. The third-order valence-corrected chi connectivity index (χ3v) is 6.11. The Morgan fingerprint density at radius 2 is 1.94 bits per heavy atom. The van der Waals surface area contributed by atoms with E-state index in [9.17, 15) is 14.4 Å². The van der Waals surface area contributed by atoms with Gasteiger partial charge in [0, 0.05) is 26.1 Å². The average Bonchev–Trinajstić information content (AvgIpc) is 3.20. The van der Waals surface area contributed by atoms with Gasteiger partial charge in [-0.3, -0.25) is 18.7 Å². The number of aryl methyl sites for hydroxylation is 3. The molecule has 0 saturated heterocycles. The largest absolute Gasteiger partial charge is 0.360 e. The molecule has 3 rings (SSSR count). The van der Waals surface area contributed by atoms with E-state index in [4.69, 9.17) is 4.52 Å². The van der Waals surface area contributed by atoms with Crippen LogP contribution in [0.4, 0.5) is 5.82 Å². The Bertz CT molecular complexity index is 1250. The summed E-state index contributed by atoms with van der Waals surface area (Å²) in [5.74, 6) is 1.21. The minimum atomic E-state index is -0.463. The Kier molecular flexibility index (Phi) is 8.43. The van der Waals surface area contributed by atoms with Gasteiger partial charge in [-0.25, -0.2) is 14.8 Å². The van der Waals surface area contributed by atoms with Crippen LogP contribution in [-0.2, 0) is 24.8 Å². The predicted molar refractivity (Wildman–Crippen MR) is 128 cm³/mol. The molecule has 0 bridgehead atoms. The lowest BCUT2D eigenvalue weighted by Crippen LogP contribution is -2.39. The molecule has 1 N–H and O–H groups in total. The van der Waals surface area contributed by atoms with Gasteiger partial charge in [0.15, 0.2) is 11.5 Å². The molecule has 1 amide bonds. The summed E-state index contributed by atoms with van der Waals surface area (Å²) < 4.78 is 7.56. The van der Waals surface area contributed by atoms with E-state index in [1.807, 2.05) is 6.92 Å². The van der Waals surface area contributed by atoms with Crippen LogP contribution in [0, 0.1) is 6.92 Å². The van der Waals surface area contributed by atoms with Crippen molar-refractivity contribution in [3.05, 3.63) is 38.5 Å². The molecule has 0 atom stereocenters. The van der Waals surface area contributed by atoms with Crippen molar-refractivity contribution < 1.29 is 9.32 Å². The van der Waals surface area contributed by atoms with E-state index >= 15 is 0 Å². The fourth-order valence-electron chi connectivity index (χ4n) is 3.47. The smallest absolute Gasteiger partial charge is 0.332 e. The number of hydrogen-bond acceptors (Lipinski definition) is 8. The van der Waals surface area contributed by atoms with Crippen LogP contribution in [0.5, 0.6) is 0 Å². The van der Waals surface area contributed by atoms with Crippen LogP contribution in [0.25, 0.3) is 11.0 Å². The molecular formula is C22H30N6O4S. The normalized spacial score (nSPS) is 11.3.